The lowest BCUT2D eigenvalue weighted by molar-refractivity contribution is -0.149. The molecule has 1 aliphatic heterocycles. The number of rotatable bonds is 13. The van der Waals surface area contributed by atoms with Gasteiger partial charge in [-0.3, -0.25) is 14.6 Å². The third-order valence-corrected chi connectivity index (χ3v) is 10.6. The Kier molecular flexibility index (Phi) is 10.0. The lowest BCUT2D eigenvalue weighted by atomic mass is 9.84. The molecule has 0 saturated carbocycles. The second kappa shape index (κ2) is 12.8. The largest absolute Gasteiger partial charge is 0.331 e. The number of pyridine rings is 1. The number of nitrogens with zero attached hydrogens (tertiary/aromatic N) is 2. The van der Waals surface area contributed by atoms with E-state index in [-0.39, 0.29) is 0 Å². The molecule has 0 aliphatic carbocycles. The molecule has 1 aromatic heterocycles. The minimum absolute atomic E-state index is 0.397. The van der Waals surface area contributed by atoms with E-state index in [2.05, 4.69) is 17.1 Å². The van der Waals surface area contributed by atoms with Crippen molar-refractivity contribution in [3.05, 3.63) is 66.0 Å². The van der Waals surface area contributed by atoms with Gasteiger partial charge in [0.1, 0.15) is 5.25 Å². The summed E-state index contributed by atoms with van der Waals surface area (Å²) in [7, 11) is -3.69. The second-order valence-corrected chi connectivity index (χ2v) is 13.2. The van der Waals surface area contributed by atoms with E-state index in [1.807, 2.05) is 32.0 Å². The Labute approximate surface area is 222 Å². The number of ketones is 1. The molecule has 1 unspecified atom stereocenters. The van der Waals surface area contributed by atoms with Crippen molar-refractivity contribution < 1.29 is 18.0 Å². The average molecular weight is 527 g/mol. The maximum atomic E-state index is 14.4. The Morgan fingerprint density at radius 2 is 1.81 bits per heavy atom. The number of amides is 1. The van der Waals surface area contributed by atoms with Gasteiger partial charge >= 0.3 is 0 Å². The Morgan fingerprint density at radius 3 is 2.43 bits per heavy atom. The maximum Gasteiger partial charge on any atom is 0.290 e. The Hall–Kier alpha value is -2.54. The van der Waals surface area contributed by atoms with Crippen LogP contribution in [0.15, 0.2) is 54.9 Å². The lowest BCUT2D eigenvalue weighted by Crippen LogP contribution is -2.48. The molecule has 1 amide bonds. The summed E-state index contributed by atoms with van der Waals surface area (Å²) in [6.45, 7) is 7.85. The highest BCUT2D eigenvalue weighted by Crippen LogP contribution is 2.40. The van der Waals surface area contributed by atoms with Crippen molar-refractivity contribution in [2.75, 3.05) is 6.54 Å². The zero-order chi connectivity index (χ0) is 27.1. The molecule has 3 rings (SSSR count). The third kappa shape index (κ3) is 6.86. The molecule has 0 spiro atoms. The van der Waals surface area contributed by atoms with Crippen molar-refractivity contribution in [1.29, 1.82) is 0 Å². The molecule has 202 valence electrons. The molecule has 0 radical (unpaired) electrons. The fourth-order valence-electron chi connectivity index (χ4n) is 5.30. The van der Waals surface area contributed by atoms with Crippen molar-refractivity contribution in [3.63, 3.8) is 0 Å². The summed E-state index contributed by atoms with van der Waals surface area (Å²) in [6.07, 6.45) is 8.47. The van der Waals surface area contributed by atoms with Gasteiger partial charge in [-0.05, 0) is 62.1 Å². The van der Waals surface area contributed by atoms with E-state index >= 15 is 0 Å². The standard InChI is InChI=1S/C30H42N2O4S/c1-5-13-25(18-10-16-23-14-8-7-9-15-23)37(35,36)27(24-17-11-20-31-22-24)26-19-12-21-32(26)29(34)28(33)30(3,4)6-2/h7-9,11,14-15,17,20,22,25-27H,5-6,10,12-13,16,18-19,21H2,1-4H3/t25-,26-,27?/m0/s1. The summed E-state index contributed by atoms with van der Waals surface area (Å²) in [5, 5.41) is -1.43. The van der Waals surface area contributed by atoms with Gasteiger partial charge in [0.15, 0.2) is 9.84 Å². The van der Waals surface area contributed by atoms with Gasteiger partial charge in [-0.2, -0.15) is 0 Å². The number of hydrogen-bond donors (Lipinski definition) is 0. The summed E-state index contributed by atoms with van der Waals surface area (Å²) in [5.41, 5.74) is 1.01. The van der Waals surface area contributed by atoms with Gasteiger partial charge < -0.3 is 4.90 Å². The van der Waals surface area contributed by atoms with Crippen LogP contribution in [0.1, 0.15) is 89.0 Å². The number of likely N-dealkylation sites (tertiary alicyclic amines) is 1. The van der Waals surface area contributed by atoms with E-state index in [4.69, 9.17) is 0 Å². The predicted molar refractivity (Wildman–Crippen MR) is 148 cm³/mol. The monoisotopic (exact) mass is 526 g/mol. The number of hydrogen-bond acceptors (Lipinski definition) is 5. The van der Waals surface area contributed by atoms with Crippen LogP contribution in [0.5, 0.6) is 0 Å². The van der Waals surface area contributed by atoms with Gasteiger partial charge in [0.2, 0.25) is 5.78 Å². The Bertz CT molecular complexity index is 1130. The topological polar surface area (TPSA) is 84.4 Å². The van der Waals surface area contributed by atoms with Crippen molar-refractivity contribution in [3.8, 4) is 0 Å². The van der Waals surface area contributed by atoms with E-state index in [1.54, 1.807) is 43.3 Å². The van der Waals surface area contributed by atoms with Crippen molar-refractivity contribution >= 4 is 21.5 Å². The molecule has 0 N–H and O–H groups in total. The maximum absolute atomic E-state index is 14.4. The van der Waals surface area contributed by atoms with E-state index in [1.165, 1.54) is 5.56 Å². The van der Waals surface area contributed by atoms with Crippen molar-refractivity contribution in [1.82, 2.24) is 9.88 Å². The molecular weight excluding hydrogens is 484 g/mol. The second-order valence-electron chi connectivity index (χ2n) is 10.9. The number of carbonyl (C=O) groups is 2. The zero-order valence-electron chi connectivity index (χ0n) is 22.7. The van der Waals surface area contributed by atoms with Crippen LogP contribution >= 0.6 is 0 Å². The first-order chi connectivity index (χ1) is 17.6. The van der Waals surface area contributed by atoms with Gasteiger partial charge in [-0.25, -0.2) is 8.42 Å². The highest BCUT2D eigenvalue weighted by Gasteiger charge is 2.47. The highest BCUT2D eigenvalue weighted by atomic mass is 32.2. The van der Waals surface area contributed by atoms with Crippen LogP contribution in [0.3, 0.4) is 0 Å². The first-order valence-electron chi connectivity index (χ1n) is 13.7. The number of sulfone groups is 1. The number of carbonyl (C=O) groups excluding carboxylic acids is 2. The van der Waals surface area contributed by atoms with Crippen LogP contribution in [-0.4, -0.2) is 47.8 Å². The van der Waals surface area contributed by atoms with Gasteiger partial charge in [-0.15, -0.1) is 0 Å². The molecule has 2 heterocycles. The predicted octanol–water partition coefficient (Wildman–Crippen LogP) is 5.73. The first kappa shape index (κ1) is 29.0. The molecule has 1 fully saturated rings. The molecule has 1 aromatic carbocycles. The van der Waals surface area contributed by atoms with Gasteiger partial charge in [0.05, 0.1) is 11.3 Å². The van der Waals surface area contributed by atoms with Crippen LogP contribution in [0, 0.1) is 5.41 Å². The Balaban J connectivity index is 1.93. The summed E-state index contributed by atoms with van der Waals surface area (Å²) in [5.74, 6) is -1.01. The third-order valence-electron chi connectivity index (χ3n) is 7.88. The Morgan fingerprint density at radius 1 is 1.08 bits per heavy atom. The smallest absolute Gasteiger partial charge is 0.290 e. The SMILES string of the molecule is CCC[C@@H](CCCc1ccccc1)S(=O)(=O)C(c1cccnc1)[C@@H]1CCCN1C(=O)C(=O)C(C)(C)CC. The van der Waals surface area contributed by atoms with Crippen LogP contribution in [0.25, 0.3) is 0 Å². The van der Waals surface area contributed by atoms with Gasteiger partial charge in [-0.1, -0.05) is 70.5 Å². The van der Waals surface area contributed by atoms with Gasteiger partial charge in [0.25, 0.3) is 5.91 Å². The van der Waals surface area contributed by atoms with Crippen LogP contribution < -0.4 is 0 Å². The van der Waals surface area contributed by atoms with E-state index in [0.29, 0.717) is 44.2 Å². The molecule has 2 aromatic rings. The van der Waals surface area contributed by atoms with Gasteiger partial charge in [0, 0.05) is 24.4 Å². The lowest BCUT2D eigenvalue weighted by Gasteiger charge is -2.35. The molecule has 0 bridgehead atoms. The molecule has 37 heavy (non-hydrogen) atoms. The van der Waals surface area contributed by atoms with Crippen LogP contribution in [-0.2, 0) is 25.8 Å². The number of benzene rings is 1. The van der Waals surface area contributed by atoms with Crippen LogP contribution in [0.2, 0.25) is 0 Å². The average Bonchev–Trinajstić information content (AvgIpc) is 3.37. The van der Waals surface area contributed by atoms with Crippen molar-refractivity contribution in [2.45, 2.75) is 95.6 Å². The summed E-state index contributed by atoms with van der Waals surface area (Å²) in [4.78, 5) is 32.3. The van der Waals surface area contributed by atoms with E-state index < -0.39 is 43.5 Å². The molecule has 1 aliphatic rings. The van der Waals surface area contributed by atoms with E-state index in [9.17, 15) is 18.0 Å². The van der Waals surface area contributed by atoms with Crippen LogP contribution in [0.4, 0.5) is 0 Å². The van der Waals surface area contributed by atoms with E-state index in [0.717, 1.165) is 19.3 Å². The summed E-state index contributed by atoms with van der Waals surface area (Å²) in [6, 6.07) is 13.1. The molecule has 6 nitrogen and oxygen atoms in total. The quantitative estimate of drug-likeness (QED) is 0.312. The molecular formula is C30H42N2O4S. The molecule has 7 heteroatoms. The number of aryl methyl sites for hydroxylation is 1. The molecule has 3 atom stereocenters. The summed E-state index contributed by atoms with van der Waals surface area (Å²) >= 11 is 0. The first-order valence-corrected chi connectivity index (χ1v) is 15.3. The normalized spacial score (nSPS) is 17.9. The fourth-order valence-corrected chi connectivity index (χ4v) is 8.01. The number of aromatic nitrogens is 1. The highest BCUT2D eigenvalue weighted by molar-refractivity contribution is 7.92. The fraction of sp³-hybridized carbons (Fsp3) is 0.567. The number of Topliss-reactive ketones (excluding diaryl/α,β-unsaturated/α-hetero) is 1. The summed E-state index contributed by atoms with van der Waals surface area (Å²) < 4.78 is 28.8. The van der Waals surface area contributed by atoms with Crippen molar-refractivity contribution in [2.24, 2.45) is 5.41 Å². The minimum Gasteiger partial charge on any atom is -0.331 e. The zero-order valence-corrected chi connectivity index (χ0v) is 23.5. The molecule has 1 saturated heterocycles. The minimum atomic E-state index is -3.69.